The Balaban J connectivity index is 2.89. The lowest BCUT2D eigenvalue weighted by Crippen LogP contribution is -2.27. The number of aromatic nitrogens is 2. The van der Waals surface area contributed by atoms with Crippen LogP contribution in [0.4, 0.5) is 10.6 Å². The second kappa shape index (κ2) is 5.69. The molecule has 0 saturated heterocycles. The Hall–Kier alpha value is -1.81. The van der Waals surface area contributed by atoms with Crippen molar-refractivity contribution in [1.82, 2.24) is 9.97 Å². The second-order valence-corrected chi connectivity index (χ2v) is 5.13. The number of nitrogens with one attached hydrogen (secondary N) is 1. The van der Waals surface area contributed by atoms with E-state index in [0.717, 1.165) is 0 Å². The van der Waals surface area contributed by atoms with Crippen LogP contribution in [0.2, 0.25) is 0 Å². The lowest BCUT2D eigenvalue weighted by Gasteiger charge is -2.19. The van der Waals surface area contributed by atoms with Gasteiger partial charge in [0.2, 0.25) is 0 Å². The number of nitriles is 1. The monoisotopic (exact) mass is 266 g/mol. The molecule has 0 aliphatic heterocycles. The summed E-state index contributed by atoms with van der Waals surface area (Å²) in [7, 11) is 0. The van der Waals surface area contributed by atoms with Crippen molar-refractivity contribution in [3.8, 4) is 6.07 Å². The molecule has 6 nitrogen and oxygen atoms in total. The van der Waals surface area contributed by atoms with E-state index in [1.807, 2.05) is 6.07 Å². The molecule has 1 N–H and O–H groups in total. The number of rotatable bonds is 2. The maximum Gasteiger partial charge on any atom is 0.413 e. The van der Waals surface area contributed by atoms with Crippen LogP contribution in [0.1, 0.15) is 26.3 Å². The minimum absolute atomic E-state index is 0.158. The third-order valence-corrected chi connectivity index (χ3v) is 2.25. The van der Waals surface area contributed by atoms with Crippen LogP contribution in [0.5, 0.6) is 0 Å². The second-order valence-electron chi connectivity index (χ2n) is 4.36. The highest BCUT2D eigenvalue weighted by molar-refractivity contribution is 7.98. The molecule has 1 amide bonds. The zero-order chi connectivity index (χ0) is 13.8. The molecule has 0 spiro atoms. The predicted octanol–water partition coefficient (Wildman–Crippen LogP) is 2.42. The number of ether oxygens (including phenoxy) is 1. The highest BCUT2D eigenvalue weighted by Gasteiger charge is 2.18. The summed E-state index contributed by atoms with van der Waals surface area (Å²) >= 11 is 1.32. The van der Waals surface area contributed by atoms with Crippen LogP contribution in [0.25, 0.3) is 0 Å². The van der Waals surface area contributed by atoms with Crippen molar-refractivity contribution in [1.29, 1.82) is 5.26 Å². The van der Waals surface area contributed by atoms with Crippen LogP contribution in [0.3, 0.4) is 0 Å². The topological polar surface area (TPSA) is 87.9 Å². The molecule has 96 valence electrons. The smallest absolute Gasteiger partial charge is 0.413 e. The van der Waals surface area contributed by atoms with Gasteiger partial charge in [-0.25, -0.2) is 14.8 Å². The zero-order valence-corrected chi connectivity index (χ0v) is 11.5. The van der Waals surface area contributed by atoms with E-state index in [4.69, 9.17) is 10.00 Å². The van der Waals surface area contributed by atoms with Crippen molar-refractivity contribution in [2.75, 3.05) is 11.6 Å². The van der Waals surface area contributed by atoms with Gasteiger partial charge in [-0.1, -0.05) is 11.8 Å². The van der Waals surface area contributed by atoms with Gasteiger partial charge in [0.1, 0.15) is 17.2 Å². The number of carbonyl (C=O) groups is 1. The standard InChI is InChI=1S/C11H14N4O2S/c1-11(2,3)17-10(16)15-8-7(5-12)6-13-9(14-8)18-4/h6H,1-4H3,(H,13,14,15,16). The number of thioether (sulfide) groups is 1. The molecular weight excluding hydrogens is 252 g/mol. The summed E-state index contributed by atoms with van der Waals surface area (Å²) in [6.45, 7) is 5.27. The first-order valence-electron chi connectivity index (χ1n) is 5.17. The molecule has 18 heavy (non-hydrogen) atoms. The minimum atomic E-state index is -0.648. The summed E-state index contributed by atoms with van der Waals surface area (Å²) in [6.07, 6.45) is 2.52. The van der Waals surface area contributed by atoms with Gasteiger partial charge >= 0.3 is 6.09 Å². The Kier molecular flexibility index (Phi) is 4.50. The van der Waals surface area contributed by atoms with E-state index in [1.165, 1.54) is 18.0 Å². The summed E-state index contributed by atoms with van der Waals surface area (Å²) in [5, 5.41) is 11.8. The third-order valence-electron chi connectivity index (χ3n) is 1.69. The molecular formula is C11H14N4O2S. The van der Waals surface area contributed by atoms with Crippen molar-refractivity contribution in [3.05, 3.63) is 11.8 Å². The molecule has 0 bridgehead atoms. The molecule has 0 saturated carbocycles. The molecule has 0 aromatic carbocycles. The lowest BCUT2D eigenvalue weighted by molar-refractivity contribution is 0.0635. The molecule has 1 aromatic rings. The van der Waals surface area contributed by atoms with E-state index < -0.39 is 11.7 Å². The Morgan fingerprint density at radius 3 is 2.72 bits per heavy atom. The van der Waals surface area contributed by atoms with Gasteiger partial charge < -0.3 is 4.74 Å². The molecule has 1 aromatic heterocycles. The van der Waals surface area contributed by atoms with Crippen LogP contribution < -0.4 is 5.32 Å². The van der Waals surface area contributed by atoms with Crippen LogP contribution in [-0.4, -0.2) is 27.9 Å². The summed E-state index contributed by atoms with van der Waals surface area (Å²) in [5.74, 6) is 0.158. The number of hydrogen-bond acceptors (Lipinski definition) is 6. The normalized spacial score (nSPS) is 10.6. The van der Waals surface area contributed by atoms with Crippen LogP contribution in [-0.2, 0) is 4.74 Å². The van der Waals surface area contributed by atoms with Gasteiger partial charge in [0.05, 0.1) is 6.20 Å². The van der Waals surface area contributed by atoms with Crippen LogP contribution in [0, 0.1) is 11.3 Å². The Morgan fingerprint density at radius 2 is 2.22 bits per heavy atom. The Morgan fingerprint density at radius 1 is 1.56 bits per heavy atom. The molecule has 0 atom stereocenters. The van der Waals surface area contributed by atoms with Crippen LogP contribution in [0.15, 0.2) is 11.4 Å². The van der Waals surface area contributed by atoms with E-state index in [-0.39, 0.29) is 11.4 Å². The van der Waals surface area contributed by atoms with Crippen molar-refractivity contribution in [2.24, 2.45) is 0 Å². The molecule has 0 aliphatic carbocycles. The highest BCUT2D eigenvalue weighted by atomic mass is 32.2. The Bertz CT molecular complexity index is 491. The maximum atomic E-state index is 11.6. The van der Waals surface area contributed by atoms with Crippen molar-refractivity contribution >= 4 is 23.7 Å². The van der Waals surface area contributed by atoms with Crippen LogP contribution >= 0.6 is 11.8 Å². The van der Waals surface area contributed by atoms with E-state index in [1.54, 1.807) is 27.0 Å². The number of nitrogens with zero attached hydrogens (tertiary/aromatic N) is 3. The zero-order valence-electron chi connectivity index (χ0n) is 10.6. The molecule has 7 heteroatoms. The van der Waals surface area contributed by atoms with Crippen molar-refractivity contribution in [2.45, 2.75) is 31.5 Å². The average Bonchev–Trinajstić information content (AvgIpc) is 2.26. The first-order valence-corrected chi connectivity index (χ1v) is 6.39. The van der Waals surface area contributed by atoms with E-state index in [0.29, 0.717) is 5.16 Å². The summed E-state index contributed by atoms with van der Waals surface area (Å²) in [6, 6.07) is 1.91. The van der Waals surface area contributed by atoms with Gasteiger partial charge in [0.25, 0.3) is 0 Å². The molecule has 0 aliphatic rings. The quantitative estimate of drug-likeness (QED) is 0.653. The van der Waals surface area contributed by atoms with E-state index >= 15 is 0 Å². The predicted molar refractivity (Wildman–Crippen MR) is 68.4 cm³/mol. The van der Waals surface area contributed by atoms with Gasteiger partial charge in [-0.2, -0.15) is 5.26 Å². The molecule has 1 rings (SSSR count). The summed E-state index contributed by atoms with van der Waals surface area (Å²) in [5.41, 5.74) is -0.412. The van der Waals surface area contributed by atoms with Gasteiger partial charge in [0, 0.05) is 0 Å². The van der Waals surface area contributed by atoms with Gasteiger partial charge in [0.15, 0.2) is 11.0 Å². The fourth-order valence-electron chi connectivity index (χ4n) is 1.04. The fourth-order valence-corrected chi connectivity index (χ4v) is 1.38. The largest absolute Gasteiger partial charge is 0.444 e. The number of amides is 1. The number of anilines is 1. The lowest BCUT2D eigenvalue weighted by atomic mass is 10.2. The fraction of sp³-hybridized carbons (Fsp3) is 0.455. The van der Waals surface area contributed by atoms with Crippen molar-refractivity contribution in [3.63, 3.8) is 0 Å². The van der Waals surface area contributed by atoms with Gasteiger partial charge in [-0.3, -0.25) is 5.32 Å². The summed E-state index contributed by atoms with van der Waals surface area (Å²) < 4.78 is 5.09. The average molecular weight is 266 g/mol. The minimum Gasteiger partial charge on any atom is -0.444 e. The maximum absolute atomic E-state index is 11.6. The van der Waals surface area contributed by atoms with E-state index in [2.05, 4.69) is 15.3 Å². The van der Waals surface area contributed by atoms with Crippen molar-refractivity contribution < 1.29 is 9.53 Å². The molecule has 0 unspecified atom stereocenters. The number of hydrogen-bond donors (Lipinski definition) is 1. The van der Waals surface area contributed by atoms with Gasteiger partial charge in [-0.15, -0.1) is 0 Å². The molecule has 1 heterocycles. The summed E-state index contributed by atoms with van der Waals surface area (Å²) in [4.78, 5) is 19.6. The molecule has 0 radical (unpaired) electrons. The first-order chi connectivity index (χ1) is 8.35. The first kappa shape index (κ1) is 14.3. The Labute approximate surface area is 110 Å². The van der Waals surface area contributed by atoms with Gasteiger partial charge in [-0.05, 0) is 27.0 Å². The highest BCUT2D eigenvalue weighted by Crippen LogP contribution is 2.17. The number of carbonyl (C=O) groups excluding carboxylic acids is 1. The SMILES string of the molecule is CSc1ncc(C#N)c(NC(=O)OC(C)(C)C)n1. The third kappa shape index (κ3) is 4.22. The van der Waals surface area contributed by atoms with E-state index in [9.17, 15) is 4.79 Å². The molecule has 0 fully saturated rings.